The van der Waals surface area contributed by atoms with Gasteiger partial charge in [-0.3, -0.25) is 0 Å². The van der Waals surface area contributed by atoms with Crippen LogP contribution in [0.3, 0.4) is 0 Å². The first-order chi connectivity index (χ1) is 16.2. The molecule has 0 saturated heterocycles. The Morgan fingerprint density at radius 2 is 1.24 bits per heavy atom. The number of benzene rings is 4. The van der Waals surface area contributed by atoms with Crippen LogP contribution in [0.4, 0.5) is 0 Å². The van der Waals surface area contributed by atoms with Crippen molar-refractivity contribution in [2.45, 2.75) is 0 Å². The van der Waals surface area contributed by atoms with E-state index in [4.69, 9.17) is 4.74 Å². The van der Waals surface area contributed by atoms with Gasteiger partial charge >= 0.3 is 0 Å². The van der Waals surface area contributed by atoms with Crippen LogP contribution in [0, 0.1) is 0 Å². The topological polar surface area (TPSA) is 57.0 Å². The summed E-state index contributed by atoms with van der Waals surface area (Å²) in [6, 6.07) is 34.7. The monoisotopic (exact) mass is 451 g/mol. The van der Waals surface area contributed by atoms with Crippen molar-refractivity contribution in [1.82, 2.24) is 15.0 Å². The lowest BCUT2D eigenvalue weighted by Gasteiger charge is -2.20. The minimum atomic E-state index is -2.99. The Morgan fingerprint density at radius 1 is 0.697 bits per heavy atom. The molecule has 5 aromatic rings. The molecule has 0 N–H and O–H groups in total. The molecular weight excluding hydrogens is 429 g/mol. The molecule has 1 heterocycles. The van der Waals surface area contributed by atoms with Gasteiger partial charge in [-0.25, -0.2) is 4.68 Å². The van der Waals surface area contributed by atoms with Gasteiger partial charge in [-0.05, 0) is 24.3 Å². The Morgan fingerprint density at radius 3 is 1.79 bits per heavy atom. The van der Waals surface area contributed by atoms with Gasteiger partial charge in [0.05, 0.1) is 19.0 Å². The summed E-state index contributed by atoms with van der Waals surface area (Å²) >= 11 is 0. The fourth-order valence-electron chi connectivity index (χ4n) is 3.82. The van der Waals surface area contributed by atoms with Crippen molar-refractivity contribution in [2.24, 2.45) is 0 Å². The van der Waals surface area contributed by atoms with Crippen LogP contribution in [-0.2, 0) is 4.57 Å². The van der Waals surface area contributed by atoms with E-state index < -0.39 is 7.14 Å². The van der Waals surface area contributed by atoms with Crippen LogP contribution in [0.5, 0.6) is 5.75 Å². The molecule has 162 valence electrons. The third-order valence-corrected chi connectivity index (χ3v) is 8.67. The minimum absolute atomic E-state index is 0.742. The van der Waals surface area contributed by atoms with Gasteiger partial charge in [0, 0.05) is 21.5 Å². The Bertz CT molecular complexity index is 1350. The Kier molecular flexibility index (Phi) is 5.64. The second-order valence-corrected chi connectivity index (χ2v) is 10.3. The zero-order valence-corrected chi connectivity index (χ0v) is 19.0. The van der Waals surface area contributed by atoms with Gasteiger partial charge in [-0.2, -0.15) is 0 Å². The van der Waals surface area contributed by atoms with Crippen LogP contribution in [0.25, 0.3) is 16.9 Å². The standard InChI is InChI=1S/C27H22N3O2P/c1-32-23-16-14-22(15-17-23)30-20-27(28-29-30)21-12-18-26(19-13-21)33(31,24-8-4-2-5-9-24)25-10-6-3-7-11-25/h2-20H,1H3. The summed E-state index contributed by atoms with van der Waals surface area (Å²) in [4.78, 5) is 0. The molecule has 0 bridgehead atoms. The van der Waals surface area contributed by atoms with E-state index in [1.807, 2.05) is 115 Å². The average Bonchev–Trinajstić information content (AvgIpc) is 3.40. The van der Waals surface area contributed by atoms with E-state index in [1.54, 1.807) is 11.8 Å². The van der Waals surface area contributed by atoms with Crippen LogP contribution in [0.1, 0.15) is 0 Å². The highest BCUT2D eigenvalue weighted by Crippen LogP contribution is 2.42. The van der Waals surface area contributed by atoms with E-state index >= 15 is 0 Å². The molecule has 5 rings (SSSR count). The lowest BCUT2D eigenvalue weighted by Crippen LogP contribution is -2.24. The summed E-state index contributed by atoms with van der Waals surface area (Å²) in [5.74, 6) is 0.788. The van der Waals surface area contributed by atoms with Crippen LogP contribution in [-0.4, -0.2) is 22.1 Å². The van der Waals surface area contributed by atoms with Gasteiger partial charge in [-0.1, -0.05) is 90.1 Å². The third-order valence-electron chi connectivity index (χ3n) is 5.60. The molecule has 5 nitrogen and oxygen atoms in total. The smallest absolute Gasteiger partial charge is 0.171 e. The maximum atomic E-state index is 14.5. The average molecular weight is 451 g/mol. The summed E-state index contributed by atoms with van der Waals surface area (Å²) in [6.07, 6.45) is 1.88. The van der Waals surface area contributed by atoms with Gasteiger partial charge in [0.1, 0.15) is 11.4 Å². The molecule has 0 aliphatic carbocycles. The highest BCUT2D eigenvalue weighted by molar-refractivity contribution is 7.85. The van der Waals surface area contributed by atoms with Gasteiger partial charge in [0.2, 0.25) is 0 Å². The van der Waals surface area contributed by atoms with Crippen molar-refractivity contribution in [3.05, 3.63) is 115 Å². The quantitative estimate of drug-likeness (QED) is 0.355. The van der Waals surface area contributed by atoms with Crippen molar-refractivity contribution >= 4 is 23.1 Å². The second-order valence-electron chi connectivity index (χ2n) is 7.57. The minimum Gasteiger partial charge on any atom is -0.497 e. The van der Waals surface area contributed by atoms with Crippen molar-refractivity contribution < 1.29 is 9.30 Å². The van der Waals surface area contributed by atoms with E-state index in [-0.39, 0.29) is 0 Å². The zero-order valence-electron chi connectivity index (χ0n) is 18.1. The maximum Gasteiger partial charge on any atom is 0.171 e. The number of ether oxygens (including phenoxy) is 1. The summed E-state index contributed by atoms with van der Waals surface area (Å²) in [5.41, 5.74) is 2.54. The van der Waals surface area contributed by atoms with Gasteiger partial charge in [0.15, 0.2) is 7.14 Å². The Labute approximate surface area is 192 Å². The number of nitrogens with zero attached hydrogens (tertiary/aromatic N) is 3. The van der Waals surface area contributed by atoms with Crippen molar-refractivity contribution in [1.29, 1.82) is 0 Å². The summed E-state index contributed by atoms with van der Waals surface area (Å²) < 4.78 is 21.4. The first-order valence-corrected chi connectivity index (χ1v) is 12.3. The van der Waals surface area contributed by atoms with E-state index in [0.717, 1.165) is 38.6 Å². The molecule has 1 aromatic heterocycles. The van der Waals surface area contributed by atoms with E-state index in [0.29, 0.717) is 0 Å². The van der Waals surface area contributed by atoms with Crippen molar-refractivity contribution in [3.63, 3.8) is 0 Å². The maximum absolute atomic E-state index is 14.5. The molecule has 0 fully saturated rings. The summed E-state index contributed by atoms with van der Waals surface area (Å²) in [6.45, 7) is 0. The summed E-state index contributed by atoms with van der Waals surface area (Å²) in [7, 11) is -1.35. The highest BCUT2D eigenvalue weighted by Gasteiger charge is 2.29. The lowest BCUT2D eigenvalue weighted by atomic mass is 10.2. The molecule has 6 heteroatoms. The Balaban J connectivity index is 1.50. The number of methoxy groups -OCH3 is 1. The van der Waals surface area contributed by atoms with Gasteiger partial charge < -0.3 is 9.30 Å². The molecule has 0 aliphatic heterocycles. The summed E-state index contributed by atoms with van der Waals surface area (Å²) in [5, 5.41) is 11.0. The highest BCUT2D eigenvalue weighted by atomic mass is 31.2. The van der Waals surface area contributed by atoms with E-state index in [9.17, 15) is 4.57 Å². The largest absolute Gasteiger partial charge is 0.497 e. The number of hydrogen-bond donors (Lipinski definition) is 0. The normalized spacial score (nSPS) is 11.3. The second kappa shape index (κ2) is 8.89. The van der Waals surface area contributed by atoms with E-state index in [2.05, 4.69) is 10.3 Å². The van der Waals surface area contributed by atoms with Crippen molar-refractivity contribution in [3.8, 4) is 22.7 Å². The molecular formula is C27H22N3O2P. The van der Waals surface area contributed by atoms with Crippen LogP contribution in [0.2, 0.25) is 0 Å². The number of hydrogen-bond acceptors (Lipinski definition) is 4. The number of aromatic nitrogens is 3. The first-order valence-electron chi connectivity index (χ1n) is 10.6. The molecule has 0 amide bonds. The fraction of sp³-hybridized carbons (Fsp3) is 0.0370. The molecule has 0 saturated carbocycles. The van der Waals surface area contributed by atoms with Gasteiger partial charge in [0.25, 0.3) is 0 Å². The van der Waals surface area contributed by atoms with Gasteiger partial charge in [-0.15, -0.1) is 5.10 Å². The van der Waals surface area contributed by atoms with E-state index in [1.165, 1.54) is 0 Å². The lowest BCUT2D eigenvalue weighted by molar-refractivity contribution is 0.414. The Hall–Kier alpha value is -3.95. The van der Waals surface area contributed by atoms with Crippen LogP contribution >= 0.6 is 7.14 Å². The van der Waals surface area contributed by atoms with Crippen LogP contribution < -0.4 is 20.7 Å². The predicted molar refractivity (Wildman–Crippen MR) is 133 cm³/mol. The SMILES string of the molecule is COc1ccc(-n2cc(-c3ccc(P(=O)(c4ccccc4)c4ccccc4)cc3)nn2)cc1. The zero-order chi connectivity index (χ0) is 22.7. The molecule has 0 aliphatic rings. The molecule has 0 spiro atoms. The molecule has 33 heavy (non-hydrogen) atoms. The first kappa shape index (κ1) is 20.9. The predicted octanol–water partition coefficient (Wildman–Crippen LogP) is 4.58. The van der Waals surface area contributed by atoms with Crippen molar-refractivity contribution in [2.75, 3.05) is 7.11 Å². The molecule has 0 radical (unpaired) electrons. The molecule has 0 atom stereocenters. The number of rotatable bonds is 6. The van der Waals surface area contributed by atoms with Crippen LogP contribution in [0.15, 0.2) is 115 Å². The molecule has 4 aromatic carbocycles. The fourth-order valence-corrected chi connectivity index (χ4v) is 6.47. The third kappa shape index (κ3) is 3.99. The molecule has 0 unspecified atom stereocenters.